The third-order valence-corrected chi connectivity index (χ3v) is 6.76. The number of amides is 2. The van der Waals surface area contributed by atoms with Gasteiger partial charge in [0.15, 0.2) is 0 Å². The molecule has 1 fully saturated rings. The van der Waals surface area contributed by atoms with Gasteiger partial charge in [-0.2, -0.15) is 0 Å². The molecule has 0 radical (unpaired) electrons. The molecule has 1 saturated heterocycles. The molecule has 2 aromatic rings. The first-order chi connectivity index (χ1) is 16.0. The Morgan fingerprint density at radius 1 is 1.06 bits per heavy atom. The number of nitrogens with one attached hydrogen (secondary N) is 1. The third-order valence-electron chi connectivity index (χ3n) is 6.76. The van der Waals surface area contributed by atoms with E-state index in [-0.39, 0.29) is 23.8 Å². The zero-order chi connectivity index (χ0) is 23.3. The Morgan fingerprint density at radius 2 is 1.70 bits per heavy atom. The number of carbonyl (C=O) groups is 2. The summed E-state index contributed by atoms with van der Waals surface area (Å²) in [6.45, 7) is 5.52. The molecule has 0 bridgehead atoms. The van der Waals surface area contributed by atoms with Crippen molar-refractivity contribution >= 4 is 17.5 Å². The van der Waals surface area contributed by atoms with Gasteiger partial charge in [0.2, 0.25) is 11.8 Å². The maximum absolute atomic E-state index is 13.5. The van der Waals surface area contributed by atoms with Gasteiger partial charge in [0.05, 0.1) is 11.1 Å². The lowest BCUT2D eigenvalue weighted by molar-refractivity contribution is -0.144. The molecule has 4 rings (SSSR count). The van der Waals surface area contributed by atoms with Crippen molar-refractivity contribution in [1.29, 1.82) is 0 Å². The summed E-state index contributed by atoms with van der Waals surface area (Å²) in [6.07, 6.45) is 2.40. The second-order valence-corrected chi connectivity index (χ2v) is 9.47. The van der Waals surface area contributed by atoms with Crippen LogP contribution in [0, 0.1) is 11.3 Å². The number of hydrogen-bond acceptors (Lipinski definition) is 4. The fourth-order valence-corrected chi connectivity index (χ4v) is 4.78. The smallest absolute Gasteiger partial charge is 0.226 e. The fraction of sp³-hybridized carbons (Fsp3) is 0.444. The van der Waals surface area contributed by atoms with Crippen LogP contribution in [-0.2, 0) is 21.0 Å². The van der Waals surface area contributed by atoms with E-state index >= 15 is 0 Å². The average molecular weight is 448 g/mol. The van der Waals surface area contributed by atoms with E-state index < -0.39 is 5.41 Å². The van der Waals surface area contributed by atoms with E-state index in [9.17, 15) is 9.59 Å². The highest BCUT2D eigenvalue weighted by atomic mass is 16.6. The molecule has 174 valence electrons. The number of oxime groups is 1. The van der Waals surface area contributed by atoms with E-state index in [0.29, 0.717) is 45.3 Å². The van der Waals surface area contributed by atoms with Gasteiger partial charge in [-0.15, -0.1) is 0 Å². The monoisotopic (exact) mass is 447 g/mol. The van der Waals surface area contributed by atoms with E-state index in [2.05, 4.69) is 10.5 Å². The molecule has 2 aromatic carbocycles. The van der Waals surface area contributed by atoms with Crippen molar-refractivity contribution in [3.8, 4) is 0 Å². The van der Waals surface area contributed by atoms with Crippen molar-refractivity contribution in [2.45, 2.75) is 52.2 Å². The van der Waals surface area contributed by atoms with Gasteiger partial charge in [-0.25, -0.2) is 0 Å². The molecule has 0 spiro atoms. The molecule has 6 heteroatoms. The van der Waals surface area contributed by atoms with Crippen LogP contribution in [0.4, 0.5) is 0 Å². The maximum atomic E-state index is 13.5. The number of likely N-dealkylation sites (tertiary alicyclic amines) is 1. The molecule has 0 aromatic heterocycles. The summed E-state index contributed by atoms with van der Waals surface area (Å²) < 4.78 is 0. The van der Waals surface area contributed by atoms with Gasteiger partial charge in [-0.3, -0.25) is 9.59 Å². The van der Waals surface area contributed by atoms with Crippen LogP contribution < -0.4 is 5.32 Å². The van der Waals surface area contributed by atoms with Gasteiger partial charge in [-0.05, 0) is 24.0 Å². The second kappa shape index (κ2) is 10.2. The van der Waals surface area contributed by atoms with Gasteiger partial charge in [0.1, 0.15) is 6.10 Å². The maximum Gasteiger partial charge on any atom is 0.226 e. The quantitative estimate of drug-likeness (QED) is 0.693. The minimum absolute atomic E-state index is 0.0376. The zero-order valence-corrected chi connectivity index (χ0v) is 19.5. The van der Waals surface area contributed by atoms with Gasteiger partial charge in [-0.1, -0.05) is 79.7 Å². The largest absolute Gasteiger partial charge is 0.392 e. The van der Waals surface area contributed by atoms with E-state index in [1.807, 2.05) is 79.4 Å². The Kier molecular flexibility index (Phi) is 7.11. The van der Waals surface area contributed by atoms with Gasteiger partial charge >= 0.3 is 0 Å². The molecule has 2 aliphatic heterocycles. The molecule has 1 N–H and O–H groups in total. The number of hydrogen-bond donors (Lipinski definition) is 1. The number of rotatable bonds is 7. The lowest BCUT2D eigenvalue weighted by Gasteiger charge is -2.42. The molecule has 1 unspecified atom stereocenters. The molecule has 0 aliphatic carbocycles. The summed E-state index contributed by atoms with van der Waals surface area (Å²) in [5.41, 5.74) is 2.47. The van der Waals surface area contributed by atoms with Gasteiger partial charge in [0.25, 0.3) is 0 Å². The average Bonchev–Trinajstić information content (AvgIpc) is 3.32. The molecule has 2 heterocycles. The Morgan fingerprint density at radius 3 is 2.33 bits per heavy atom. The standard InChI is InChI=1S/C27H33N3O3/c1-20(2)25(31)30-15-13-27(14-16-30,26(32)28-19-21-9-5-3-6-10-21)18-23-17-24(29-33-23)22-11-7-4-8-12-22/h3-12,20,23H,13-19H2,1-2H3,(H,28,32). The second-order valence-electron chi connectivity index (χ2n) is 9.47. The first-order valence-electron chi connectivity index (χ1n) is 11.9. The Bertz CT molecular complexity index is 980. The summed E-state index contributed by atoms with van der Waals surface area (Å²) in [4.78, 5) is 33.8. The van der Waals surface area contributed by atoms with Crippen LogP contribution in [0.1, 0.15) is 50.7 Å². The summed E-state index contributed by atoms with van der Waals surface area (Å²) in [5.74, 6) is 0.157. The normalized spacial score (nSPS) is 19.7. The SMILES string of the molecule is CC(C)C(=O)N1CCC(CC2CC(c3ccccc3)=NO2)(C(=O)NCc2ccccc2)CC1. The molecule has 6 nitrogen and oxygen atoms in total. The molecule has 2 amide bonds. The third kappa shape index (κ3) is 5.44. The number of carbonyl (C=O) groups excluding carboxylic acids is 2. The number of piperidine rings is 1. The Labute approximate surface area is 196 Å². The van der Waals surface area contributed by atoms with Crippen molar-refractivity contribution < 1.29 is 14.4 Å². The summed E-state index contributed by atoms with van der Waals surface area (Å²) in [7, 11) is 0. The summed E-state index contributed by atoms with van der Waals surface area (Å²) >= 11 is 0. The molecular formula is C27H33N3O3. The summed E-state index contributed by atoms with van der Waals surface area (Å²) in [6, 6.07) is 20.0. The van der Waals surface area contributed by atoms with E-state index in [1.54, 1.807) is 0 Å². The van der Waals surface area contributed by atoms with E-state index in [0.717, 1.165) is 16.8 Å². The van der Waals surface area contributed by atoms with Crippen LogP contribution in [0.5, 0.6) is 0 Å². The molecule has 33 heavy (non-hydrogen) atoms. The van der Waals surface area contributed by atoms with Crippen molar-refractivity contribution in [3.05, 3.63) is 71.8 Å². The molecule has 2 aliphatic rings. The first kappa shape index (κ1) is 23.0. The van der Waals surface area contributed by atoms with Crippen LogP contribution in [0.15, 0.2) is 65.8 Å². The van der Waals surface area contributed by atoms with Crippen LogP contribution in [0.2, 0.25) is 0 Å². The van der Waals surface area contributed by atoms with E-state index in [4.69, 9.17) is 4.84 Å². The van der Waals surface area contributed by atoms with Crippen molar-refractivity contribution in [2.24, 2.45) is 16.5 Å². The van der Waals surface area contributed by atoms with Crippen molar-refractivity contribution in [3.63, 3.8) is 0 Å². The minimum atomic E-state index is -0.575. The molecular weight excluding hydrogens is 414 g/mol. The van der Waals surface area contributed by atoms with Crippen molar-refractivity contribution in [2.75, 3.05) is 13.1 Å². The zero-order valence-electron chi connectivity index (χ0n) is 19.5. The van der Waals surface area contributed by atoms with E-state index in [1.165, 1.54) is 0 Å². The van der Waals surface area contributed by atoms with Gasteiger partial charge < -0.3 is 15.1 Å². The predicted molar refractivity (Wildman–Crippen MR) is 128 cm³/mol. The fourth-order valence-electron chi connectivity index (χ4n) is 4.78. The highest BCUT2D eigenvalue weighted by Crippen LogP contribution is 2.39. The highest BCUT2D eigenvalue weighted by Gasteiger charge is 2.45. The van der Waals surface area contributed by atoms with Crippen molar-refractivity contribution in [1.82, 2.24) is 10.2 Å². The Hall–Kier alpha value is -3.15. The molecule has 0 saturated carbocycles. The summed E-state index contributed by atoms with van der Waals surface area (Å²) in [5, 5.41) is 7.48. The topological polar surface area (TPSA) is 71.0 Å². The van der Waals surface area contributed by atoms with Crippen LogP contribution in [0.3, 0.4) is 0 Å². The molecule has 1 atom stereocenters. The van der Waals surface area contributed by atoms with Crippen LogP contribution in [0.25, 0.3) is 0 Å². The first-order valence-corrected chi connectivity index (χ1v) is 11.9. The highest BCUT2D eigenvalue weighted by molar-refractivity contribution is 6.01. The Balaban J connectivity index is 1.45. The van der Waals surface area contributed by atoms with Crippen LogP contribution in [-0.4, -0.2) is 41.6 Å². The number of nitrogens with zero attached hydrogens (tertiary/aromatic N) is 2. The lowest BCUT2D eigenvalue weighted by atomic mass is 9.72. The number of benzene rings is 2. The predicted octanol–water partition coefficient (Wildman–Crippen LogP) is 4.15. The lowest BCUT2D eigenvalue weighted by Crippen LogP contribution is -2.52. The minimum Gasteiger partial charge on any atom is -0.392 e. The van der Waals surface area contributed by atoms with Gasteiger partial charge in [0, 0.05) is 38.4 Å². The van der Waals surface area contributed by atoms with Crippen LogP contribution >= 0.6 is 0 Å².